The highest BCUT2D eigenvalue weighted by atomic mass is 79.9. The van der Waals surface area contributed by atoms with Crippen molar-refractivity contribution < 1.29 is 4.74 Å². The van der Waals surface area contributed by atoms with E-state index in [1.165, 1.54) is 0 Å². The standard InChI is InChI=1S/C19H18BrCl2N3OS/c1-3-25-18(12(2)26-15-7-5-14(20)6-8-15)23-24-19(25)27-11-13-4-9-16(21)17(22)10-13/h4-10,12H,3,11H2,1-2H3. The van der Waals surface area contributed by atoms with Gasteiger partial charge in [0.25, 0.3) is 0 Å². The first-order chi connectivity index (χ1) is 13.0. The molecule has 0 N–H and O–H groups in total. The zero-order valence-corrected chi connectivity index (χ0v) is 18.7. The van der Waals surface area contributed by atoms with Gasteiger partial charge in [0.2, 0.25) is 0 Å². The maximum atomic E-state index is 6.09. The highest BCUT2D eigenvalue weighted by molar-refractivity contribution is 9.10. The van der Waals surface area contributed by atoms with Crippen LogP contribution in [-0.2, 0) is 12.3 Å². The number of halogens is 3. The van der Waals surface area contributed by atoms with Gasteiger partial charge in [0, 0.05) is 16.8 Å². The third kappa shape index (κ3) is 5.19. The summed E-state index contributed by atoms with van der Waals surface area (Å²) in [6, 6.07) is 13.4. The Morgan fingerprint density at radius 3 is 2.52 bits per heavy atom. The Morgan fingerprint density at radius 2 is 1.85 bits per heavy atom. The summed E-state index contributed by atoms with van der Waals surface area (Å²) in [6.45, 7) is 4.81. The number of hydrogen-bond donors (Lipinski definition) is 0. The number of nitrogens with zero attached hydrogens (tertiary/aromatic N) is 3. The van der Waals surface area contributed by atoms with Crippen molar-refractivity contribution in [1.82, 2.24) is 14.8 Å². The summed E-state index contributed by atoms with van der Waals surface area (Å²) in [6.07, 6.45) is -0.210. The van der Waals surface area contributed by atoms with Crippen LogP contribution in [0.15, 0.2) is 52.1 Å². The Bertz CT molecular complexity index is 918. The number of thioether (sulfide) groups is 1. The lowest BCUT2D eigenvalue weighted by atomic mass is 10.2. The molecule has 0 radical (unpaired) electrons. The molecule has 0 aliphatic carbocycles. The quantitative estimate of drug-likeness (QED) is 0.344. The van der Waals surface area contributed by atoms with Gasteiger partial charge in [0.05, 0.1) is 10.0 Å². The molecule has 27 heavy (non-hydrogen) atoms. The zero-order valence-electron chi connectivity index (χ0n) is 14.8. The maximum absolute atomic E-state index is 6.09. The van der Waals surface area contributed by atoms with E-state index in [4.69, 9.17) is 27.9 Å². The van der Waals surface area contributed by atoms with E-state index in [-0.39, 0.29) is 6.10 Å². The van der Waals surface area contributed by atoms with Crippen LogP contribution in [0.4, 0.5) is 0 Å². The van der Waals surface area contributed by atoms with Crippen molar-refractivity contribution in [1.29, 1.82) is 0 Å². The van der Waals surface area contributed by atoms with Gasteiger partial charge in [-0.25, -0.2) is 0 Å². The Kier molecular flexibility index (Phi) is 7.09. The summed E-state index contributed by atoms with van der Waals surface area (Å²) in [4.78, 5) is 0. The van der Waals surface area contributed by atoms with Crippen LogP contribution < -0.4 is 4.74 Å². The number of hydrogen-bond acceptors (Lipinski definition) is 4. The van der Waals surface area contributed by atoms with Gasteiger partial charge in [0.1, 0.15) is 5.75 Å². The summed E-state index contributed by atoms with van der Waals surface area (Å²) in [5.41, 5.74) is 1.08. The minimum absolute atomic E-state index is 0.210. The fourth-order valence-electron chi connectivity index (χ4n) is 2.55. The van der Waals surface area contributed by atoms with Crippen LogP contribution in [0, 0.1) is 0 Å². The molecule has 1 aromatic heterocycles. The second kappa shape index (κ2) is 9.32. The third-order valence-electron chi connectivity index (χ3n) is 3.90. The molecule has 1 atom stereocenters. The Morgan fingerprint density at radius 1 is 1.11 bits per heavy atom. The van der Waals surface area contributed by atoms with Crippen LogP contribution in [-0.4, -0.2) is 14.8 Å². The summed E-state index contributed by atoms with van der Waals surface area (Å²) in [5.74, 6) is 2.33. The van der Waals surface area contributed by atoms with E-state index >= 15 is 0 Å². The molecule has 0 amide bonds. The SMILES string of the molecule is CCn1c(SCc2ccc(Cl)c(Cl)c2)nnc1C(C)Oc1ccc(Br)cc1. The van der Waals surface area contributed by atoms with Gasteiger partial charge in [-0.3, -0.25) is 0 Å². The lowest BCUT2D eigenvalue weighted by molar-refractivity contribution is 0.210. The first kappa shape index (κ1) is 20.5. The predicted octanol–water partition coefficient (Wildman–Crippen LogP) is 6.80. The highest BCUT2D eigenvalue weighted by Gasteiger charge is 2.19. The normalized spacial score (nSPS) is 12.2. The van der Waals surface area contributed by atoms with Crippen molar-refractivity contribution >= 4 is 50.9 Å². The Hall–Kier alpha value is -1.21. The minimum atomic E-state index is -0.210. The van der Waals surface area contributed by atoms with Gasteiger partial charge < -0.3 is 9.30 Å². The minimum Gasteiger partial charge on any atom is -0.483 e. The summed E-state index contributed by atoms with van der Waals surface area (Å²) < 4.78 is 9.11. The van der Waals surface area contributed by atoms with Crippen LogP contribution >= 0.6 is 50.9 Å². The smallest absolute Gasteiger partial charge is 0.191 e. The predicted molar refractivity (Wildman–Crippen MR) is 115 cm³/mol. The van der Waals surface area contributed by atoms with Gasteiger partial charge in [-0.2, -0.15) is 0 Å². The van der Waals surface area contributed by atoms with Crippen LogP contribution in [0.2, 0.25) is 10.0 Å². The van der Waals surface area contributed by atoms with Crippen molar-refractivity contribution in [3.05, 3.63) is 68.4 Å². The molecule has 0 bridgehead atoms. The zero-order chi connectivity index (χ0) is 19.4. The topological polar surface area (TPSA) is 39.9 Å². The maximum Gasteiger partial charge on any atom is 0.191 e. The van der Waals surface area contributed by atoms with Crippen LogP contribution in [0.1, 0.15) is 31.3 Å². The number of aromatic nitrogens is 3. The molecule has 8 heteroatoms. The average Bonchev–Trinajstić information content (AvgIpc) is 3.07. The molecule has 0 aliphatic rings. The molecule has 4 nitrogen and oxygen atoms in total. The molecule has 0 saturated carbocycles. The molecule has 1 unspecified atom stereocenters. The van der Waals surface area contributed by atoms with Crippen molar-refractivity contribution in [2.75, 3.05) is 0 Å². The molecular weight excluding hydrogens is 469 g/mol. The fraction of sp³-hybridized carbons (Fsp3) is 0.263. The monoisotopic (exact) mass is 485 g/mol. The first-order valence-electron chi connectivity index (χ1n) is 8.40. The molecule has 3 rings (SSSR count). The lowest BCUT2D eigenvalue weighted by Gasteiger charge is -2.15. The lowest BCUT2D eigenvalue weighted by Crippen LogP contribution is -2.11. The van der Waals surface area contributed by atoms with E-state index in [1.54, 1.807) is 11.8 Å². The van der Waals surface area contributed by atoms with Crippen molar-refractivity contribution in [3.8, 4) is 5.75 Å². The van der Waals surface area contributed by atoms with E-state index in [9.17, 15) is 0 Å². The van der Waals surface area contributed by atoms with Crippen LogP contribution in [0.3, 0.4) is 0 Å². The van der Waals surface area contributed by atoms with Gasteiger partial charge in [0.15, 0.2) is 17.1 Å². The molecule has 0 saturated heterocycles. The molecule has 0 spiro atoms. The Labute approximate surface area is 181 Å². The van der Waals surface area contributed by atoms with Crippen molar-refractivity contribution in [3.63, 3.8) is 0 Å². The summed E-state index contributed by atoms with van der Waals surface area (Å²) >= 11 is 17.1. The van der Waals surface area contributed by atoms with Crippen LogP contribution in [0.5, 0.6) is 5.75 Å². The second-order valence-corrected chi connectivity index (χ2v) is 8.51. The molecule has 142 valence electrons. The summed E-state index contributed by atoms with van der Waals surface area (Å²) in [5, 5.41) is 10.7. The van der Waals surface area contributed by atoms with E-state index in [1.807, 2.05) is 49.4 Å². The van der Waals surface area contributed by atoms with E-state index < -0.39 is 0 Å². The molecule has 2 aromatic carbocycles. The highest BCUT2D eigenvalue weighted by Crippen LogP contribution is 2.29. The van der Waals surface area contributed by atoms with Crippen molar-refractivity contribution in [2.24, 2.45) is 0 Å². The van der Waals surface area contributed by atoms with E-state index in [0.717, 1.165) is 39.1 Å². The van der Waals surface area contributed by atoms with Crippen molar-refractivity contribution in [2.45, 2.75) is 37.4 Å². The molecule has 0 aliphatic heterocycles. The molecule has 3 aromatic rings. The van der Waals surface area contributed by atoms with Gasteiger partial charge in [-0.05, 0) is 55.8 Å². The summed E-state index contributed by atoms with van der Waals surface area (Å²) in [7, 11) is 0. The number of rotatable bonds is 7. The van der Waals surface area contributed by atoms with Gasteiger partial charge >= 0.3 is 0 Å². The number of ether oxygens (including phenoxy) is 1. The average molecular weight is 487 g/mol. The second-order valence-electron chi connectivity index (χ2n) is 5.84. The van der Waals surface area contributed by atoms with E-state index in [0.29, 0.717) is 10.0 Å². The first-order valence-corrected chi connectivity index (χ1v) is 10.9. The molecular formula is C19H18BrCl2N3OS. The van der Waals surface area contributed by atoms with E-state index in [2.05, 4.69) is 37.6 Å². The van der Waals surface area contributed by atoms with Gasteiger partial charge in [-0.1, -0.05) is 57.0 Å². The molecule has 1 heterocycles. The number of benzene rings is 2. The van der Waals surface area contributed by atoms with Crippen LogP contribution in [0.25, 0.3) is 0 Å². The fourth-order valence-corrected chi connectivity index (χ4v) is 4.09. The molecule has 0 fully saturated rings. The Balaban J connectivity index is 1.71. The third-order valence-corrected chi connectivity index (χ3v) is 6.21. The largest absolute Gasteiger partial charge is 0.483 e. The van der Waals surface area contributed by atoms with Gasteiger partial charge in [-0.15, -0.1) is 10.2 Å².